The van der Waals surface area contributed by atoms with Gasteiger partial charge >= 0.3 is 5.69 Å². The van der Waals surface area contributed by atoms with Crippen LogP contribution in [-0.2, 0) is 21.4 Å². The van der Waals surface area contributed by atoms with Crippen LogP contribution in [0, 0.1) is 5.82 Å². The number of sulfonamides is 1. The summed E-state index contributed by atoms with van der Waals surface area (Å²) in [6.07, 6.45) is -0.500. The molecule has 4 rings (SSSR count). The van der Waals surface area contributed by atoms with Crippen LogP contribution in [0.2, 0.25) is 0 Å². The molecule has 0 saturated heterocycles. The number of nitrogens with zero attached hydrogens (tertiary/aromatic N) is 2. The molecule has 30 heavy (non-hydrogen) atoms. The highest BCUT2D eigenvalue weighted by molar-refractivity contribution is 7.93. The van der Waals surface area contributed by atoms with Crippen molar-refractivity contribution in [3.05, 3.63) is 86.9 Å². The molecular weight excluding hydrogens is 415 g/mol. The van der Waals surface area contributed by atoms with Crippen LogP contribution in [0.5, 0.6) is 0 Å². The minimum Gasteiger partial charge on any atom is -0.398 e. The van der Waals surface area contributed by atoms with Crippen molar-refractivity contribution in [3.8, 4) is 0 Å². The van der Waals surface area contributed by atoms with Crippen molar-refractivity contribution in [1.29, 1.82) is 0 Å². The zero-order valence-corrected chi connectivity index (χ0v) is 16.3. The van der Waals surface area contributed by atoms with Crippen molar-refractivity contribution >= 4 is 21.4 Å². The second-order valence-corrected chi connectivity index (χ2v) is 8.44. The summed E-state index contributed by atoms with van der Waals surface area (Å²) in [7, 11) is -4.15. The van der Waals surface area contributed by atoms with E-state index >= 15 is 0 Å². The Labute approximate surface area is 170 Å². The topological polar surface area (TPSA) is 127 Å². The number of para-hydroxylation sites is 2. The summed E-state index contributed by atoms with van der Waals surface area (Å²) in [6, 6.07) is 12.7. The predicted octanol–water partition coefficient (Wildman–Crippen LogP) is 1.18. The monoisotopic (exact) mass is 432 g/mol. The van der Waals surface area contributed by atoms with Crippen LogP contribution in [-0.4, -0.2) is 24.5 Å². The van der Waals surface area contributed by atoms with Gasteiger partial charge in [0.2, 0.25) is 5.82 Å². The summed E-state index contributed by atoms with van der Waals surface area (Å²) in [4.78, 5) is 25.3. The van der Waals surface area contributed by atoms with E-state index in [1.54, 1.807) is 36.4 Å². The van der Waals surface area contributed by atoms with Crippen LogP contribution in [0.15, 0.2) is 69.2 Å². The smallest absolute Gasteiger partial charge is 0.330 e. The molecule has 0 amide bonds. The lowest BCUT2D eigenvalue weighted by Crippen LogP contribution is -2.41. The highest BCUT2D eigenvalue weighted by atomic mass is 32.2. The largest absolute Gasteiger partial charge is 0.398 e. The molecule has 9 nitrogen and oxygen atoms in total. The second kappa shape index (κ2) is 7.43. The summed E-state index contributed by atoms with van der Waals surface area (Å²) in [5, 5.41) is 0. The SMILES string of the molecule is Nc1ccccc1S(=O)(=O)N1CC(n2cc(F)c(=O)[nH]c2=O)OCc2ccccc21. The quantitative estimate of drug-likeness (QED) is 0.599. The van der Waals surface area contributed by atoms with Gasteiger partial charge in [-0.05, 0) is 18.2 Å². The first-order chi connectivity index (χ1) is 14.3. The molecule has 156 valence electrons. The van der Waals surface area contributed by atoms with Crippen molar-refractivity contribution in [2.45, 2.75) is 17.7 Å². The van der Waals surface area contributed by atoms with E-state index in [9.17, 15) is 22.4 Å². The maximum absolute atomic E-state index is 13.8. The van der Waals surface area contributed by atoms with Gasteiger partial charge in [0.05, 0.1) is 30.7 Å². The Kier molecular flexibility index (Phi) is 4.92. The Morgan fingerprint density at radius 3 is 2.57 bits per heavy atom. The Bertz CT molecular complexity index is 1330. The first-order valence-electron chi connectivity index (χ1n) is 8.87. The van der Waals surface area contributed by atoms with E-state index in [-0.39, 0.29) is 23.7 Å². The molecule has 1 unspecified atom stereocenters. The standard InChI is InChI=1S/C19H17FN4O5S/c20-13-9-23(19(26)22-18(13)25)17-10-24(15-7-3-1-5-12(15)11-29-17)30(27,28)16-8-4-2-6-14(16)21/h1-9,17H,10-11,21H2,(H,22,25,26). The Morgan fingerprint density at radius 1 is 1.10 bits per heavy atom. The number of aromatic amines is 1. The molecular formula is C19H17FN4O5S. The molecule has 0 radical (unpaired) electrons. The highest BCUT2D eigenvalue weighted by Gasteiger charge is 2.34. The molecule has 1 aliphatic rings. The Morgan fingerprint density at radius 2 is 1.80 bits per heavy atom. The fraction of sp³-hybridized carbons (Fsp3) is 0.158. The maximum atomic E-state index is 13.8. The van der Waals surface area contributed by atoms with Crippen molar-refractivity contribution < 1.29 is 17.5 Å². The van der Waals surface area contributed by atoms with E-state index in [4.69, 9.17) is 10.5 Å². The molecule has 2 aromatic carbocycles. The molecule has 1 atom stereocenters. The number of halogens is 1. The average Bonchev–Trinajstić information content (AvgIpc) is 2.91. The minimum absolute atomic E-state index is 0.0374. The van der Waals surface area contributed by atoms with Crippen molar-refractivity contribution in [3.63, 3.8) is 0 Å². The van der Waals surface area contributed by atoms with Gasteiger partial charge in [-0.1, -0.05) is 30.3 Å². The number of nitrogens with one attached hydrogen (secondary N) is 1. The number of H-pyrrole nitrogens is 1. The molecule has 1 aliphatic heterocycles. The van der Waals surface area contributed by atoms with Crippen LogP contribution in [0.3, 0.4) is 0 Å². The number of anilines is 2. The van der Waals surface area contributed by atoms with Gasteiger partial charge in [0.15, 0.2) is 6.23 Å². The molecule has 11 heteroatoms. The molecule has 2 heterocycles. The third-order valence-corrected chi connectivity index (χ3v) is 6.59. The number of aromatic nitrogens is 2. The maximum Gasteiger partial charge on any atom is 0.330 e. The summed E-state index contributed by atoms with van der Waals surface area (Å²) < 4.78 is 48.4. The zero-order chi connectivity index (χ0) is 21.5. The van der Waals surface area contributed by atoms with Crippen LogP contribution in [0.1, 0.15) is 11.8 Å². The number of hydrogen-bond donors (Lipinski definition) is 2. The molecule has 3 aromatic rings. The van der Waals surface area contributed by atoms with Gasteiger partial charge in [-0.15, -0.1) is 0 Å². The van der Waals surface area contributed by atoms with Gasteiger partial charge in [0.1, 0.15) is 4.90 Å². The van der Waals surface area contributed by atoms with Gasteiger partial charge in [-0.2, -0.15) is 4.39 Å². The molecule has 1 aromatic heterocycles. The van der Waals surface area contributed by atoms with Crippen LogP contribution >= 0.6 is 0 Å². The van der Waals surface area contributed by atoms with Gasteiger partial charge in [-0.25, -0.2) is 13.2 Å². The van der Waals surface area contributed by atoms with E-state index in [1.807, 2.05) is 4.98 Å². The van der Waals surface area contributed by atoms with E-state index in [0.29, 0.717) is 17.4 Å². The molecule has 3 N–H and O–H groups in total. The normalized spacial score (nSPS) is 16.7. The van der Waals surface area contributed by atoms with Gasteiger partial charge < -0.3 is 10.5 Å². The fourth-order valence-corrected chi connectivity index (χ4v) is 4.87. The number of nitrogen functional groups attached to an aromatic ring is 1. The molecule has 0 aliphatic carbocycles. The zero-order valence-electron chi connectivity index (χ0n) is 15.5. The third-order valence-electron chi connectivity index (χ3n) is 4.74. The number of nitrogens with two attached hydrogens (primary N) is 1. The van der Waals surface area contributed by atoms with Gasteiger partial charge in [0, 0.05) is 5.56 Å². The first kappa shape index (κ1) is 19.9. The number of rotatable bonds is 3. The number of fused-ring (bicyclic) bond motifs is 1. The lowest BCUT2D eigenvalue weighted by Gasteiger charge is -2.27. The first-order valence-corrected chi connectivity index (χ1v) is 10.3. The van der Waals surface area contributed by atoms with Crippen molar-refractivity contribution in [2.75, 3.05) is 16.6 Å². The molecule has 0 saturated carbocycles. The van der Waals surface area contributed by atoms with Crippen LogP contribution in [0.25, 0.3) is 0 Å². The number of hydrogen-bond acceptors (Lipinski definition) is 6. The molecule has 0 fully saturated rings. The van der Waals surface area contributed by atoms with Gasteiger partial charge in [-0.3, -0.25) is 18.7 Å². The van der Waals surface area contributed by atoms with Crippen molar-refractivity contribution in [2.24, 2.45) is 0 Å². The lowest BCUT2D eigenvalue weighted by atomic mass is 10.2. The minimum atomic E-state index is -4.15. The van der Waals surface area contributed by atoms with Crippen molar-refractivity contribution in [1.82, 2.24) is 9.55 Å². The van der Waals surface area contributed by atoms with E-state index in [1.165, 1.54) is 12.1 Å². The Hall–Kier alpha value is -3.44. The van der Waals surface area contributed by atoms with E-state index in [0.717, 1.165) is 8.87 Å². The lowest BCUT2D eigenvalue weighted by molar-refractivity contribution is -0.00207. The predicted molar refractivity (Wildman–Crippen MR) is 107 cm³/mol. The van der Waals surface area contributed by atoms with E-state index in [2.05, 4.69) is 0 Å². The summed E-state index contributed by atoms with van der Waals surface area (Å²) in [6.45, 7) is -0.386. The van der Waals surface area contributed by atoms with E-state index < -0.39 is 33.3 Å². The van der Waals surface area contributed by atoms with Crippen LogP contribution < -0.4 is 21.3 Å². The summed E-state index contributed by atoms with van der Waals surface area (Å²) >= 11 is 0. The summed E-state index contributed by atoms with van der Waals surface area (Å²) in [5.74, 6) is -1.19. The fourth-order valence-electron chi connectivity index (χ4n) is 3.26. The number of ether oxygens (including phenoxy) is 1. The molecule has 0 bridgehead atoms. The number of benzene rings is 2. The molecule has 0 spiro atoms. The van der Waals surface area contributed by atoms with Gasteiger partial charge in [0.25, 0.3) is 15.6 Å². The average molecular weight is 432 g/mol. The highest BCUT2D eigenvalue weighted by Crippen LogP contribution is 2.34. The Balaban J connectivity index is 1.87. The van der Waals surface area contributed by atoms with Crippen LogP contribution in [0.4, 0.5) is 15.8 Å². The second-order valence-electron chi connectivity index (χ2n) is 6.61. The summed E-state index contributed by atoms with van der Waals surface area (Å²) in [5.41, 5.74) is 4.76. The third kappa shape index (κ3) is 3.37.